The molecule has 0 spiro atoms. The van der Waals surface area contributed by atoms with Gasteiger partial charge in [0.05, 0.1) is 12.3 Å². The molecule has 0 saturated carbocycles. The molecule has 2 aliphatic rings. The number of nitrogens with zero attached hydrogens (tertiary/aromatic N) is 3. The third-order valence-electron chi connectivity index (χ3n) is 6.37. The molecule has 1 aliphatic heterocycles. The third-order valence-corrected chi connectivity index (χ3v) is 6.37. The summed E-state index contributed by atoms with van der Waals surface area (Å²) >= 11 is 0. The first kappa shape index (κ1) is 19.6. The summed E-state index contributed by atoms with van der Waals surface area (Å²) in [4.78, 5) is 5.29. The number of rotatable bonds is 8. The third kappa shape index (κ3) is 4.83. The van der Waals surface area contributed by atoms with Gasteiger partial charge in [-0.05, 0) is 62.3 Å². The second-order valence-electron chi connectivity index (χ2n) is 8.60. The molecule has 1 aromatic carbocycles. The standard InChI is InChI=1S/C23H34N4O/c1-18-12-22(25-24-18)17-26(10-11-28-2)15-19-6-5-9-27(16-19)23-13-20-7-3-4-8-21(20)14-23/h3-4,7-8,12,19,23H,5-6,9-11,13-17H2,1-2H3,(H,24,25). The van der Waals surface area contributed by atoms with E-state index in [0.29, 0.717) is 6.04 Å². The van der Waals surface area contributed by atoms with Crippen molar-refractivity contribution in [3.8, 4) is 0 Å². The molecule has 2 aromatic rings. The maximum absolute atomic E-state index is 5.36. The van der Waals surface area contributed by atoms with E-state index in [1.807, 2.05) is 0 Å². The van der Waals surface area contributed by atoms with Crippen LogP contribution in [0.3, 0.4) is 0 Å². The van der Waals surface area contributed by atoms with Crippen LogP contribution in [0.15, 0.2) is 30.3 Å². The Hall–Kier alpha value is -1.69. The van der Waals surface area contributed by atoms with Crippen molar-refractivity contribution < 1.29 is 4.74 Å². The first-order valence-electron chi connectivity index (χ1n) is 10.7. The number of nitrogens with one attached hydrogen (secondary N) is 1. The summed E-state index contributed by atoms with van der Waals surface area (Å²) in [6, 6.07) is 11.9. The van der Waals surface area contributed by atoms with Gasteiger partial charge < -0.3 is 4.74 Å². The van der Waals surface area contributed by atoms with Gasteiger partial charge in [0.2, 0.25) is 0 Å². The second kappa shape index (κ2) is 9.21. The van der Waals surface area contributed by atoms with Crippen LogP contribution >= 0.6 is 0 Å². The molecule has 1 aliphatic carbocycles. The molecular formula is C23H34N4O. The predicted molar refractivity (Wildman–Crippen MR) is 112 cm³/mol. The van der Waals surface area contributed by atoms with Crippen molar-refractivity contribution in [3.05, 3.63) is 52.8 Å². The van der Waals surface area contributed by atoms with Crippen molar-refractivity contribution in [2.24, 2.45) is 5.92 Å². The SMILES string of the molecule is COCCN(Cc1cc(C)[nH]n1)CC1CCCN(C2Cc3ccccc3C2)C1. The van der Waals surface area contributed by atoms with E-state index in [2.05, 4.69) is 57.3 Å². The Morgan fingerprint density at radius 3 is 2.71 bits per heavy atom. The summed E-state index contributed by atoms with van der Waals surface area (Å²) in [5.74, 6) is 0.731. The maximum Gasteiger partial charge on any atom is 0.0765 e. The number of aromatic amines is 1. The first-order valence-corrected chi connectivity index (χ1v) is 10.7. The fraction of sp³-hybridized carbons (Fsp3) is 0.609. The van der Waals surface area contributed by atoms with Crippen molar-refractivity contribution in [2.75, 3.05) is 39.9 Å². The molecule has 4 rings (SSSR count). The van der Waals surface area contributed by atoms with Crippen LogP contribution in [0.5, 0.6) is 0 Å². The number of methoxy groups -OCH3 is 1. The largest absolute Gasteiger partial charge is 0.383 e. The topological polar surface area (TPSA) is 44.4 Å². The van der Waals surface area contributed by atoms with Crippen LogP contribution in [-0.2, 0) is 24.1 Å². The molecular weight excluding hydrogens is 348 g/mol. The van der Waals surface area contributed by atoms with E-state index in [1.165, 1.54) is 38.8 Å². The molecule has 1 unspecified atom stereocenters. The number of aryl methyl sites for hydroxylation is 1. The fourth-order valence-corrected chi connectivity index (χ4v) is 4.98. The van der Waals surface area contributed by atoms with E-state index in [4.69, 9.17) is 4.74 Å². The molecule has 0 radical (unpaired) electrons. The number of piperidine rings is 1. The van der Waals surface area contributed by atoms with Crippen LogP contribution in [0.25, 0.3) is 0 Å². The number of hydrogen-bond donors (Lipinski definition) is 1. The van der Waals surface area contributed by atoms with Crippen molar-refractivity contribution in [1.82, 2.24) is 20.0 Å². The lowest BCUT2D eigenvalue weighted by Crippen LogP contribution is -2.46. The zero-order chi connectivity index (χ0) is 19.3. The summed E-state index contributed by atoms with van der Waals surface area (Å²) < 4.78 is 5.36. The summed E-state index contributed by atoms with van der Waals surface area (Å²) in [5.41, 5.74) is 5.38. The molecule has 1 atom stereocenters. The Labute approximate surface area is 169 Å². The number of ether oxygens (including phenoxy) is 1. The summed E-state index contributed by atoms with van der Waals surface area (Å²) in [7, 11) is 1.79. The van der Waals surface area contributed by atoms with Gasteiger partial charge in [0.25, 0.3) is 0 Å². The second-order valence-corrected chi connectivity index (χ2v) is 8.60. The number of likely N-dealkylation sites (tertiary alicyclic amines) is 1. The summed E-state index contributed by atoms with van der Waals surface area (Å²) in [6.45, 7) is 8.32. The minimum Gasteiger partial charge on any atom is -0.383 e. The minimum absolute atomic E-state index is 0.696. The van der Waals surface area contributed by atoms with Gasteiger partial charge >= 0.3 is 0 Å². The lowest BCUT2D eigenvalue weighted by Gasteiger charge is -2.38. The molecule has 1 N–H and O–H groups in total. The Bertz CT molecular complexity index is 734. The van der Waals surface area contributed by atoms with Crippen molar-refractivity contribution >= 4 is 0 Å². The van der Waals surface area contributed by atoms with Crippen LogP contribution in [0.1, 0.15) is 35.4 Å². The average Bonchev–Trinajstić information content (AvgIpc) is 3.32. The van der Waals surface area contributed by atoms with Crippen LogP contribution in [-0.4, -0.2) is 65.9 Å². The Morgan fingerprint density at radius 1 is 1.25 bits per heavy atom. The van der Waals surface area contributed by atoms with Gasteiger partial charge in [-0.1, -0.05) is 24.3 Å². The smallest absolute Gasteiger partial charge is 0.0765 e. The lowest BCUT2D eigenvalue weighted by atomic mass is 9.95. The highest BCUT2D eigenvalue weighted by Crippen LogP contribution is 2.29. The van der Waals surface area contributed by atoms with Crippen LogP contribution in [0.2, 0.25) is 0 Å². The molecule has 1 saturated heterocycles. The molecule has 0 bridgehead atoms. The fourth-order valence-electron chi connectivity index (χ4n) is 4.98. The van der Waals surface area contributed by atoms with Gasteiger partial charge in [0.15, 0.2) is 0 Å². The first-order chi connectivity index (χ1) is 13.7. The van der Waals surface area contributed by atoms with Gasteiger partial charge in [-0.2, -0.15) is 5.10 Å². The van der Waals surface area contributed by atoms with Crippen LogP contribution in [0, 0.1) is 12.8 Å². The predicted octanol–water partition coefficient (Wildman–Crippen LogP) is 3.05. The zero-order valence-corrected chi connectivity index (χ0v) is 17.4. The molecule has 5 heteroatoms. The van der Waals surface area contributed by atoms with Crippen LogP contribution < -0.4 is 0 Å². The highest BCUT2D eigenvalue weighted by atomic mass is 16.5. The van der Waals surface area contributed by atoms with E-state index in [0.717, 1.165) is 43.5 Å². The average molecular weight is 383 g/mol. The van der Waals surface area contributed by atoms with E-state index in [1.54, 1.807) is 18.2 Å². The zero-order valence-electron chi connectivity index (χ0n) is 17.4. The van der Waals surface area contributed by atoms with Gasteiger partial charge in [0, 0.05) is 45.0 Å². The highest BCUT2D eigenvalue weighted by molar-refractivity contribution is 5.33. The molecule has 1 fully saturated rings. The van der Waals surface area contributed by atoms with Gasteiger partial charge in [0.1, 0.15) is 0 Å². The number of H-pyrrole nitrogens is 1. The molecule has 152 valence electrons. The number of benzene rings is 1. The molecule has 28 heavy (non-hydrogen) atoms. The van der Waals surface area contributed by atoms with Gasteiger partial charge in [-0.25, -0.2) is 0 Å². The summed E-state index contributed by atoms with van der Waals surface area (Å²) in [5, 5.41) is 7.51. The Balaban J connectivity index is 1.34. The molecule has 2 heterocycles. The number of aromatic nitrogens is 2. The minimum atomic E-state index is 0.696. The monoisotopic (exact) mass is 382 g/mol. The Kier molecular flexibility index (Phi) is 6.45. The van der Waals surface area contributed by atoms with Crippen LogP contribution in [0.4, 0.5) is 0 Å². The molecule has 0 amide bonds. The van der Waals surface area contributed by atoms with Gasteiger partial charge in [-0.15, -0.1) is 0 Å². The van der Waals surface area contributed by atoms with Gasteiger partial charge in [-0.3, -0.25) is 14.9 Å². The number of hydrogen-bond acceptors (Lipinski definition) is 4. The normalized spacial score (nSPS) is 20.8. The number of fused-ring (bicyclic) bond motifs is 1. The van der Waals surface area contributed by atoms with Crippen molar-refractivity contribution in [1.29, 1.82) is 0 Å². The lowest BCUT2D eigenvalue weighted by molar-refractivity contribution is 0.0839. The molecule has 5 nitrogen and oxygen atoms in total. The Morgan fingerprint density at radius 2 is 2.04 bits per heavy atom. The van der Waals surface area contributed by atoms with Crippen molar-refractivity contribution in [2.45, 2.75) is 45.2 Å². The van der Waals surface area contributed by atoms with E-state index in [-0.39, 0.29) is 0 Å². The van der Waals surface area contributed by atoms with E-state index < -0.39 is 0 Å². The van der Waals surface area contributed by atoms with Crippen molar-refractivity contribution in [3.63, 3.8) is 0 Å². The van der Waals surface area contributed by atoms with E-state index in [9.17, 15) is 0 Å². The highest BCUT2D eigenvalue weighted by Gasteiger charge is 2.31. The molecule has 1 aromatic heterocycles. The van der Waals surface area contributed by atoms with E-state index >= 15 is 0 Å². The quantitative estimate of drug-likeness (QED) is 0.762. The summed E-state index contributed by atoms with van der Waals surface area (Å²) in [6.07, 6.45) is 5.10. The maximum atomic E-state index is 5.36.